The zero-order valence-electron chi connectivity index (χ0n) is 8.76. The van der Waals surface area contributed by atoms with Gasteiger partial charge in [-0.2, -0.15) is 0 Å². The van der Waals surface area contributed by atoms with Crippen LogP contribution < -0.4 is 10.4 Å². The van der Waals surface area contributed by atoms with Crippen LogP contribution in [0.5, 0.6) is 0 Å². The summed E-state index contributed by atoms with van der Waals surface area (Å²) in [5.74, 6) is 0. The van der Waals surface area contributed by atoms with E-state index >= 15 is 0 Å². The minimum atomic E-state index is -1.41. The fourth-order valence-electron chi connectivity index (χ4n) is 0.861. The average Bonchev–Trinajstić information content (AvgIpc) is 2.02. The van der Waals surface area contributed by atoms with Crippen LogP contribution in [0.2, 0.25) is 0 Å². The molecule has 0 aliphatic heterocycles. The summed E-state index contributed by atoms with van der Waals surface area (Å²) >= 11 is 10.7. The molecule has 0 bridgehead atoms. The zero-order valence-corrected chi connectivity index (χ0v) is 11.3. The third kappa shape index (κ3) is 5.61. The Balaban J connectivity index is 4.10. The van der Waals surface area contributed by atoms with Gasteiger partial charge in [-0.1, -0.05) is 25.7 Å². The van der Waals surface area contributed by atoms with Crippen molar-refractivity contribution in [2.45, 2.75) is 33.7 Å². The zero-order chi connectivity index (χ0) is 10.5. The van der Waals surface area contributed by atoms with Crippen LogP contribution in [-0.4, -0.2) is 23.5 Å². The van der Waals surface area contributed by atoms with Gasteiger partial charge in [0.2, 0.25) is 0 Å². The molecule has 0 radical (unpaired) electrons. The van der Waals surface area contributed by atoms with Crippen LogP contribution in [-0.2, 0) is 11.8 Å². The maximum Gasteiger partial charge on any atom is 0.170 e. The first-order valence-corrected chi connectivity index (χ1v) is 8.18. The molecule has 0 aromatic heterocycles. The Morgan fingerprint density at radius 1 is 1.31 bits per heavy atom. The number of thiocarbonyl (C=S) groups is 1. The molecule has 0 spiro atoms. The van der Waals surface area contributed by atoms with Crippen molar-refractivity contribution in [1.82, 2.24) is 10.4 Å². The van der Waals surface area contributed by atoms with Crippen molar-refractivity contribution in [1.29, 1.82) is 0 Å². The Kier molecular flexibility index (Phi) is 6.10. The third-order valence-corrected chi connectivity index (χ3v) is 6.62. The SMILES string of the molecule is CCP(=S)(CC)NC(=S)NC(C)C. The molecule has 13 heavy (non-hydrogen) atoms. The summed E-state index contributed by atoms with van der Waals surface area (Å²) in [5.41, 5.74) is 0. The van der Waals surface area contributed by atoms with Gasteiger partial charge < -0.3 is 10.4 Å². The van der Waals surface area contributed by atoms with Crippen molar-refractivity contribution in [2.24, 2.45) is 0 Å². The van der Waals surface area contributed by atoms with E-state index in [1.165, 1.54) is 0 Å². The molecule has 0 aromatic rings. The van der Waals surface area contributed by atoms with E-state index in [1.807, 2.05) is 0 Å². The molecular formula is C8H19N2PS2. The number of hydrogen-bond donors (Lipinski definition) is 2. The van der Waals surface area contributed by atoms with E-state index < -0.39 is 6.19 Å². The summed E-state index contributed by atoms with van der Waals surface area (Å²) in [7, 11) is 0. The lowest BCUT2D eigenvalue weighted by molar-refractivity contribution is 0.732. The molecule has 0 saturated carbocycles. The predicted molar refractivity (Wildman–Crippen MR) is 69.4 cm³/mol. The first kappa shape index (κ1) is 13.3. The molecule has 78 valence electrons. The highest BCUT2D eigenvalue weighted by Gasteiger charge is 2.12. The Hall–Kier alpha value is 0.340. The van der Waals surface area contributed by atoms with E-state index in [1.54, 1.807) is 0 Å². The monoisotopic (exact) mass is 238 g/mol. The van der Waals surface area contributed by atoms with Gasteiger partial charge in [0.1, 0.15) is 0 Å². The van der Waals surface area contributed by atoms with E-state index in [4.69, 9.17) is 24.0 Å². The highest BCUT2D eigenvalue weighted by atomic mass is 32.4. The maximum atomic E-state index is 5.51. The Morgan fingerprint density at radius 3 is 2.08 bits per heavy atom. The van der Waals surface area contributed by atoms with E-state index in [0.29, 0.717) is 11.2 Å². The summed E-state index contributed by atoms with van der Waals surface area (Å²) in [4.78, 5) is 0. The Morgan fingerprint density at radius 2 is 1.77 bits per heavy atom. The van der Waals surface area contributed by atoms with Crippen LogP contribution in [0.15, 0.2) is 0 Å². The summed E-state index contributed by atoms with van der Waals surface area (Å²) < 4.78 is 0. The third-order valence-electron chi connectivity index (χ3n) is 1.75. The topological polar surface area (TPSA) is 24.1 Å². The Bertz CT molecular complexity index is 208. The first-order valence-electron chi connectivity index (χ1n) is 4.60. The molecule has 0 aromatic carbocycles. The van der Waals surface area contributed by atoms with Crippen LogP contribution in [0.3, 0.4) is 0 Å². The fraction of sp³-hybridized carbons (Fsp3) is 0.875. The lowest BCUT2D eigenvalue weighted by atomic mass is 10.4. The molecule has 0 atom stereocenters. The van der Waals surface area contributed by atoms with E-state index in [9.17, 15) is 0 Å². The van der Waals surface area contributed by atoms with Crippen LogP contribution in [0.4, 0.5) is 0 Å². The largest absolute Gasteiger partial charge is 0.360 e. The molecular weight excluding hydrogens is 219 g/mol. The summed E-state index contributed by atoms with van der Waals surface area (Å²) in [6.07, 6.45) is 0.611. The molecule has 0 fully saturated rings. The van der Waals surface area contributed by atoms with Crippen molar-refractivity contribution < 1.29 is 0 Å². The van der Waals surface area contributed by atoms with Gasteiger partial charge in [-0.3, -0.25) is 0 Å². The standard InChI is InChI=1S/C8H19N2PS2/c1-5-11(13,6-2)10-8(12)9-7(3)4/h7H,5-6H2,1-4H3,(H2,9,10,12,13). The molecule has 0 aliphatic rings. The van der Waals surface area contributed by atoms with Crippen molar-refractivity contribution in [3.63, 3.8) is 0 Å². The van der Waals surface area contributed by atoms with Crippen molar-refractivity contribution in [3.05, 3.63) is 0 Å². The predicted octanol–water partition coefficient (Wildman–Crippen LogP) is 2.29. The molecule has 0 saturated heterocycles. The summed E-state index contributed by atoms with van der Waals surface area (Å²) in [6, 6.07) is 0.372. The lowest BCUT2D eigenvalue weighted by Gasteiger charge is -2.23. The van der Waals surface area contributed by atoms with E-state index in [-0.39, 0.29) is 0 Å². The second-order valence-corrected chi connectivity index (χ2v) is 9.03. The number of hydrogen-bond acceptors (Lipinski definition) is 2. The minimum absolute atomic E-state index is 0.372. The van der Waals surface area contributed by atoms with Gasteiger partial charge in [0, 0.05) is 12.2 Å². The number of nitrogens with one attached hydrogen (secondary N) is 2. The second-order valence-electron chi connectivity index (χ2n) is 3.26. The first-order chi connectivity index (χ1) is 5.93. The molecule has 0 rings (SSSR count). The summed E-state index contributed by atoms with van der Waals surface area (Å²) in [6.45, 7) is 8.37. The van der Waals surface area contributed by atoms with Gasteiger partial charge in [0.05, 0.1) is 0 Å². The Labute approximate surface area is 91.9 Å². The van der Waals surface area contributed by atoms with Crippen LogP contribution in [0, 0.1) is 0 Å². The van der Waals surface area contributed by atoms with Crippen LogP contribution in [0.1, 0.15) is 27.7 Å². The van der Waals surface area contributed by atoms with Gasteiger partial charge in [-0.05, 0) is 38.4 Å². The highest BCUT2D eigenvalue weighted by Crippen LogP contribution is 2.39. The smallest absolute Gasteiger partial charge is 0.170 e. The average molecular weight is 238 g/mol. The van der Waals surface area contributed by atoms with Gasteiger partial charge in [0.15, 0.2) is 5.11 Å². The van der Waals surface area contributed by atoms with Crippen LogP contribution in [0.25, 0.3) is 0 Å². The van der Waals surface area contributed by atoms with Crippen molar-refractivity contribution >= 4 is 35.3 Å². The van der Waals surface area contributed by atoms with Crippen molar-refractivity contribution in [2.75, 3.05) is 12.3 Å². The van der Waals surface area contributed by atoms with Gasteiger partial charge in [-0.15, -0.1) is 0 Å². The van der Waals surface area contributed by atoms with Gasteiger partial charge in [-0.25, -0.2) is 0 Å². The van der Waals surface area contributed by atoms with Crippen LogP contribution >= 0.6 is 18.4 Å². The maximum absolute atomic E-state index is 5.51. The van der Waals surface area contributed by atoms with Crippen molar-refractivity contribution in [3.8, 4) is 0 Å². The van der Waals surface area contributed by atoms with Gasteiger partial charge >= 0.3 is 0 Å². The lowest BCUT2D eigenvalue weighted by Crippen LogP contribution is -2.38. The molecule has 0 unspecified atom stereocenters. The quantitative estimate of drug-likeness (QED) is 0.580. The summed E-state index contributed by atoms with van der Waals surface area (Å²) in [5, 5.41) is 7.13. The molecule has 5 heteroatoms. The molecule has 0 aliphatic carbocycles. The van der Waals surface area contributed by atoms with Gasteiger partial charge in [0.25, 0.3) is 0 Å². The molecule has 0 heterocycles. The molecule has 2 N–H and O–H groups in total. The molecule has 2 nitrogen and oxygen atoms in total. The van der Waals surface area contributed by atoms with E-state index in [0.717, 1.165) is 12.3 Å². The fourth-order valence-corrected chi connectivity index (χ4v) is 3.27. The van der Waals surface area contributed by atoms with E-state index in [2.05, 4.69) is 38.1 Å². The molecule has 0 amide bonds. The minimum Gasteiger partial charge on any atom is -0.360 e. The number of rotatable bonds is 4. The highest BCUT2D eigenvalue weighted by molar-refractivity contribution is 8.14. The normalized spacial score (nSPS) is 11.5. The second kappa shape index (κ2) is 5.94.